The fourth-order valence-corrected chi connectivity index (χ4v) is 1.82. The molecule has 1 saturated heterocycles. The second-order valence-corrected chi connectivity index (χ2v) is 4.42. The Morgan fingerprint density at radius 1 is 1.50 bits per heavy atom. The van der Waals surface area contributed by atoms with E-state index in [1.807, 2.05) is 0 Å². The SMILES string of the molecule is CC(C)(C1CCCCO1)C(O)C(=O)O. The molecule has 0 aliphatic carbocycles. The quantitative estimate of drug-likeness (QED) is 0.717. The highest BCUT2D eigenvalue weighted by molar-refractivity contribution is 5.73. The zero-order valence-corrected chi connectivity index (χ0v) is 8.69. The third kappa shape index (κ3) is 2.25. The highest BCUT2D eigenvalue weighted by atomic mass is 16.5. The number of carboxylic acids is 1. The predicted molar refractivity (Wildman–Crippen MR) is 51.0 cm³/mol. The summed E-state index contributed by atoms with van der Waals surface area (Å²) in [5.41, 5.74) is -0.716. The zero-order valence-electron chi connectivity index (χ0n) is 8.69. The van der Waals surface area contributed by atoms with Gasteiger partial charge in [0.1, 0.15) is 0 Å². The Morgan fingerprint density at radius 3 is 2.57 bits per heavy atom. The Morgan fingerprint density at radius 2 is 2.14 bits per heavy atom. The summed E-state index contributed by atoms with van der Waals surface area (Å²) in [4.78, 5) is 10.7. The normalized spacial score (nSPS) is 25.8. The van der Waals surface area contributed by atoms with Crippen molar-refractivity contribution in [1.29, 1.82) is 0 Å². The maximum atomic E-state index is 10.7. The molecule has 4 nitrogen and oxygen atoms in total. The van der Waals surface area contributed by atoms with Crippen molar-refractivity contribution in [1.82, 2.24) is 0 Å². The summed E-state index contributed by atoms with van der Waals surface area (Å²) >= 11 is 0. The summed E-state index contributed by atoms with van der Waals surface area (Å²) in [7, 11) is 0. The summed E-state index contributed by atoms with van der Waals surface area (Å²) in [5, 5.41) is 18.3. The van der Waals surface area contributed by atoms with Crippen molar-refractivity contribution in [2.24, 2.45) is 5.41 Å². The molecule has 2 unspecified atom stereocenters. The molecule has 0 aromatic heterocycles. The van der Waals surface area contributed by atoms with Crippen LogP contribution in [0.1, 0.15) is 33.1 Å². The van der Waals surface area contributed by atoms with E-state index in [4.69, 9.17) is 9.84 Å². The van der Waals surface area contributed by atoms with Crippen LogP contribution in [0.4, 0.5) is 0 Å². The smallest absolute Gasteiger partial charge is 0.333 e. The van der Waals surface area contributed by atoms with Crippen LogP contribution in [0.25, 0.3) is 0 Å². The molecule has 1 aliphatic heterocycles. The van der Waals surface area contributed by atoms with E-state index in [0.717, 1.165) is 19.3 Å². The van der Waals surface area contributed by atoms with Crippen molar-refractivity contribution >= 4 is 5.97 Å². The van der Waals surface area contributed by atoms with Crippen LogP contribution in [0, 0.1) is 5.41 Å². The lowest BCUT2D eigenvalue weighted by molar-refractivity contribution is -0.164. The van der Waals surface area contributed by atoms with Crippen molar-refractivity contribution in [3.8, 4) is 0 Å². The summed E-state index contributed by atoms with van der Waals surface area (Å²) in [6, 6.07) is 0. The first-order chi connectivity index (χ1) is 6.46. The molecule has 1 aliphatic rings. The summed E-state index contributed by atoms with van der Waals surface area (Å²) < 4.78 is 5.49. The van der Waals surface area contributed by atoms with Crippen molar-refractivity contribution in [3.63, 3.8) is 0 Å². The minimum absolute atomic E-state index is 0.151. The first-order valence-corrected chi connectivity index (χ1v) is 4.98. The molecule has 0 bridgehead atoms. The molecule has 0 amide bonds. The molecule has 1 rings (SSSR count). The number of carbonyl (C=O) groups is 1. The van der Waals surface area contributed by atoms with Crippen LogP contribution in [0.3, 0.4) is 0 Å². The highest BCUT2D eigenvalue weighted by Crippen LogP contribution is 2.33. The van der Waals surface area contributed by atoms with E-state index >= 15 is 0 Å². The first-order valence-electron chi connectivity index (χ1n) is 4.98. The van der Waals surface area contributed by atoms with Gasteiger partial charge in [0, 0.05) is 12.0 Å². The third-order valence-electron chi connectivity index (χ3n) is 2.95. The van der Waals surface area contributed by atoms with Gasteiger partial charge in [0.2, 0.25) is 0 Å². The van der Waals surface area contributed by atoms with E-state index in [1.165, 1.54) is 0 Å². The maximum absolute atomic E-state index is 10.7. The lowest BCUT2D eigenvalue weighted by Gasteiger charge is -2.38. The molecule has 4 heteroatoms. The Hall–Kier alpha value is -0.610. The Labute approximate surface area is 83.9 Å². The fourth-order valence-electron chi connectivity index (χ4n) is 1.82. The van der Waals surface area contributed by atoms with Gasteiger partial charge in [-0.25, -0.2) is 4.79 Å². The third-order valence-corrected chi connectivity index (χ3v) is 2.95. The fraction of sp³-hybridized carbons (Fsp3) is 0.900. The van der Waals surface area contributed by atoms with E-state index in [2.05, 4.69) is 0 Å². The second-order valence-electron chi connectivity index (χ2n) is 4.42. The van der Waals surface area contributed by atoms with Crippen LogP contribution < -0.4 is 0 Å². The van der Waals surface area contributed by atoms with Gasteiger partial charge in [-0.05, 0) is 19.3 Å². The van der Waals surface area contributed by atoms with E-state index < -0.39 is 17.5 Å². The van der Waals surface area contributed by atoms with Gasteiger partial charge < -0.3 is 14.9 Å². The molecule has 0 aromatic rings. The van der Waals surface area contributed by atoms with Gasteiger partial charge >= 0.3 is 5.97 Å². The van der Waals surface area contributed by atoms with Crippen LogP contribution in [0.2, 0.25) is 0 Å². The van der Waals surface area contributed by atoms with Gasteiger partial charge in [-0.15, -0.1) is 0 Å². The number of hydrogen-bond donors (Lipinski definition) is 2. The van der Waals surface area contributed by atoms with Crippen LogP contribution in [0.15, 0.2) is 0 Å². The summed E-state index contributed by atoms with van der Waals surface area (Å²) in [6.45, 7) is 4.14. The number of rotatable bonds is 3. The molecule has 0 spiro atoms. The van der Waals surface area contributed by atoms with Crippen molar-refractivity contribution < 1.29 is 19.7 Å². The first kappa shape index (κ1) is 11.5. The van der Waals surface area contributed by atoms with Gasteiger partial charge in [-0.2, -0.15) is 0 Å². The molecule has 2 N–H and O–H groups in total. The van der Waals surface area contributed by atoms with E-state index in [-0.39, 0.29) is 6.10 Å². The van der Waals surface area contributed by atoms with Crippen molar-refractivity contribution in [3.05, 3.63) is 0 Å². The zero-order chi connectivity index (χ0) is 10.8. The average molecular weight is 202 g/mol. The highest BCUT2D eigenvalue weighted by Gasteiger charge is 2.41. The number of carboxylic acid groups (broad SMARTS) is 1. The van der Waals surface area contributed by atoms with E-state index in [9.17, 15) is 9.90 Å². The molecule has 1 heterocycles. The number of hydrogen-bond acceptors (Lipinski definition) is 3. The topological polar surface area (TPSA) is 66.8 Å². The predicted octanol–water partition coefficient (Wildman–Crippen LogP) is 1.03. The Bertz CT molecular complexity index is 206. The monoisotopic (exact) mass is 202 g/mol. The largest absolute Gasteiger partial charge is 0.479 e. The van der Waals surface area contributed by atoms with Crippen LogP contribution in [-0.2, 0) is 9.53 Å². The van der Waals surface area contributed by atoms with Gasteiger partial charge in [0.05, 0.1) is 6.10 Å². The molecule has 82 valence electrons. The van der Waals surface area contributed by atoms with E-state index in [0.29, 0.717) is 6.61 Å². The molecular weight excluding hydrogens is 184 g/mol. The van der Waals surface area contributed by atoms with Gasteiger partial charge in [0.25, 0.3) is 0 Å². The lowest BCUT2D eigenvalue weighted by Crippen LogP contribution is -2.47. The number of aliphatic hydroxyl groups excluding tert-OH is 1. The van der Waals surface area contributed by atoms with Gasteiger partial charge in [-0.3, -0.25) is 0 Å². The minimum atomic E-state index is -1.36. The van der Waals surface area contributed by atoms with Crippen LogP contribution in [-0.4, -0.2) is 35.0 Å². The second kappa shape index (κ2) is 4.28. The summed E-state index contributed by atoms with van der Waals surface area (Å²) in [5.74, 6) is -1.18. The molecule has 14 heavy (non-hydrogen) atoms. The van der Waals surface area contributed by atoms with Gasteiger partial charge in [0.15, 0.2) is 6.10 Å². The Balaban J connectivity index is 2.66. The maximum Gasteiger partial charge on any atom is 0.333 e. The average Bonchev–Trinajstić information content (AvgIpc) is 2.18. The molecule has 2 atom stereocenters. The minimum Gasteiger partial charge on any atom is -0.479 e. The number of ether oxygens (including phenoxy) is 1. The molecule has 0 aromatic carbocycles. The lowest BCUT2D eigenvalue weighted by atomic mass is 9.78. The number of aliphatic carboxylic acids is 1. The van der Waals surface area contributed by atoms with Crippen molar-refractivity contribution in [2.45, 2.75) is 45.3 Å². The van der Waals surface area contributed by atoms with E-state index in [1.54, 1.807) is 13.8 Å². The number of aliphatic hydroxyl groups is 1. The standard InChI is InChI=1S/C10H18O4/c1-10(2,8(11)9(12)13)7-5-3-4-6-14-7/h7-8,11H,3-6H2,1-2H3,(H,12,13). The summed E-state index contributed by atoms with van der Waals surface area (Å²) in [6.07, 6.45) is 1.39. The Kier molecular flexibility index (Phi) is 3.50. The molecule has 0 saturated carbocycles. The van der Waals surface area contributed by atoms with Crippen molar-refractivity contribution in [2.75, 3.05) is 6.61 Å². The molecule has 0 radical (unpaired) electrons. The van der Waals surface area contributed by atoms with Crippen LogP contribution in [0.5, 0.6) is 0 Å². The van der Waals surface area contributed by atoms with Crippen LogP contribution >= 0.6 is 0 Å². The molecule has 1 fully saturated rings. The van der Waals surface area contributed by atoms with Gasteiger partial charge in [-0.1, -0.05) is 13.8 Å². The molecular formula is C10H18O4.